The van der Waals surface area contributed by atoms with Gasteiger partial charge in [-0.25, -0.2) is 0 Å². The molecule has 0 aliphatic heterocycles. The number of rotatable bonds is 5. The van der Waals surface area contributed by atoms with Crippen LogP contribution in [0, 0.1) is 0 Å². The molecule has 0 aliphatic carbocycles. The minimum Gasteiger partial charge on any atom is -0.291 e. The van der Waals surface area contributed by atoms with E-state index in [0.29, 0.717) is 28.7 Å². The molecule has 1 N–H and O–H groups in total. The summed E-state index contributed by atoms with van der Waals surface area (Å²) in [6, 6.07) is 6.70. The molecule has 0 saturated heterocycles. The summed E-state index contributed by atoms with van der Waals surface area (Å²) in [5.74, 6) is 0.651. The molecule has 3 rings (SSSR count). The predicted molar refractivity (Wildman–Crippen MR) is 88.6 cm³/mol. The van der Waals surface area contributed by atoms with E-state index in [0.717, 1.165) is 24.2 Å². The number of aryl methyl sites for hydroxylation is 1. The molecule has 132 valence electrons. The molecule has 25 heavy (non-hydrogen) atoms. The Kier molecular flexibility index (Phi) is 4.85. The van der Waals surface area contributed by atoms with Crippen molar-refractivity contribution >= 4 is 17.5 Å². The Labute approximate surface area is 145 Å². The van der Waals surface area contributed by atoms with E-state index >= 15 is 0 Å². The van der Waals surface area contributed by atoms with Gasteiger partial charge in [0.05, 0.1) is 5.56 Å². The highest BCUT2D eigenvalue weighted by atomic mass is 32.2. The number of alkyl halides is 3. The smallest absolute Gasteiger partial charge is 0.291 e. The second-order valence-electron chi connectivity index (χ2n) is 5.50. The van der Waals surface area contributed by atoms with Crippen LogP contribution in [0.2, 0.25) is 0 Å². The Morgan fingerprint density at radius 2 is 2.04 bits per heavy atom. The summed E-state index contributed by atoms with van der Waals surface area (Å²) in [5, 5.41) is 8.53. The van der Waals surface area contributed by atoms with Gasteiger partial charge in [-0.05, 0) is 18.1 Å². The first kappa shape index (κ1) is 17.5. The number of halogens is 3. The Balaban J connectivity index is 1.88. The van der Waals surface area contributed by atoms with Gasteiger partial charge >= 0.3 is 6.18 Å². The topological polar surface area (TPSA) is 63.0 Å². The molecule has 2 heterocycles. The summed E-state index contributed by atoms with van der Waals surface area (Å²) in [7, 11) is 0. The van der Waals surface area contributed by atoms with Crippen molar-refractivity contribution in [2.45, 2.75) is 36.9 Å². The summed E-state index contributed by atoms with van der Waals surface area (Å²) < 4.78 is 40.1. The number of H-pyrrole nitrogens is 1. The quantitative estimate of drug-likeness (QED) is 0.698. The molecule has 0 amide bonds. The van der Waals surface area contributed by atoms with Gasteiger partial charge in [-0.3, -0.25) is 14.2 Å². The number of benzene rings is 1. The largest absolute Gasteiger partial charge is 0.416 e. The Morgan fingerprint density at radius 1 is 1.24 bits per heavy atom. The Morgan fingerprint density at radius 3 is 2.76 bits per heavy atom. The zero-order valence-corrected chi connectivity index (χ0v) is 14.1. The van der Waals surface area contributed by atoms with Crippen molar-refractivity contribution in [3.63, 3.8) is 0 Å². The minimum atomic E-state index is -4.37. The summed E-state index contributed by atoms with van der Waals surface area (Å²) in [4.78, 5) is 14.3. The second-order valence-corrected chi connectivity index (χ2v) is 6.45. The molecule has 0 saturated carbocycles. The standard InChI is InChI=1S/C16H15F3N4OS/c1-2-4-12-8-13(24)20-14-21-22-15(23(12)14)25-9-10-5-3-6-11(7-10)16(17,18)19/h3,5-8H,2,4,9H2,1H3,(H,20,21,24). The van der Waals surface area contributed by atoms with Crippen molar-refractivity contribution in [2.75, 3.05) is 0 Å². The highest BCUT2D eigenvalue weighted by Gasteiger charge is 2.30. The van der Waals surface area contributed by atoms with Crippen LogP contribution in [0.15, 0.2) is 40.3 Å². The molecule has 0 bridgehead atoms. The molecule has 5 nitrogen and oxygen atoms in total. The Hall–Kier alpha value is -2.29. The van der Waals surface area contributed by atoms with Crippen LogP contribution in [0.4, 0.5) is 13.2 Å². The molecule has 0 atom stereocenters. The predicted octanol–water partition coefficient (Wildman–Crippen LogP) is 3.68. The second kappa shape index (κ2) is 6.91. The first-order chi connectivity index (χ1) is 11.9. The molecule has 0 fully saturated rings. The summed E-state index contributed by atoms with van der Waals surface area (Å²) in [6.07, 6.45) is -2.85. The van der Waals surface area contributed by atoms with E-state index in [1.54, 1.807) is 10.5 Å². The van der Waals surface area contributed by atoms with E-state index in [4.69, 9.17) is 0 Å². The van der Waals surface area contributed by atoms with Crippen molar-refractivity contribution in [3.8, 4) is 0 Å². The molecule has 0 spiro atoms. The van der Waals surface area contributed by atoms with Crippen molar-refractivity contribution in [1.82, 2.24) is 19.6 Å². The third kappa shape index (κ3) is 3.87. The number of aromatic amines is 1. The summed E-state index contributed by atoms with van der Waals surface area (Å²) >= 11 is 1.27. The SMILES string of the molecule is CCCc1cc(=O)[nH]c2nnc(SCc3cccc(C(F)(F)F)c3)n12. The molecule has 1 aromatic carbocycles. The maximum absolute atomic E-state index is 12.8. The number of thioether (sulfide) groups is 1. The van der Waals surface area contributed by atoms with Crippen LogP contribution in [0.5, 0.6) is 0 Å². The molecular formula is C16H15F3N4OS. The fraction of sp³-hybridized carbons (Fsp3) is 0.312. The molecule has 0 unspecified atom stereocenters. The third-order valence-electron chi connectivity index (χ3n) is 3.58. The number of nitrogens with zero attached hydrogens (tertiary/aromatic N) is 3. The normalized spacial score (nSPS) is 12.0. The van der Waals surface area contributed by atoms with E-state index in [1.165, 1.54) is 23.9 Å². The van der Waals surface area contributed by atoms with Crippen molar-refractivity contribution in [2.24, 2.45) is 0 Å². The molecule has 3 aromatic rings. The number of nitrogens with one attached hydrogen (secondary N) is 1. The highest BCUT2D eigenvalue weighted by Crippen LogP contribution is 2.31. The van der Waals surface area contributed by atoms with Crippen LogP contribution in [0.3, 0.4) is 0 Å². The van der Waals surface area contributed by atoms with E-state index < -0.39 is 11.7 Å². The fourth-order valence-electron chi connectivity index (χ4n) is 2.49. The van der Waals surface area contributed by atoms with E-state index in [2.05, 4.69) is 15.2 Å². The van der Waals surface area contributed by atoms with Crippen molar-refractivity contribution in [3.05, 3.63) is 57.5 Å². The van der Waals surface area contributed by atoms with E-state index in [-0.39, 0.29) is 5.56 Å². The van der Waals surface area contributed by atoms with Gasteiger partial charge in [0.1, 0.15) is 0 Å². The average molecular weight is 368 g/mol. The first-order valence-electron chi connectivity index (χ1n) is 7.64. The van der Waals surface area contributed by atoms with Gasteiger partial charge < -0.3 is 0 Å². The number of hydrogen-bond donors (Lipinski definition) is 1. The van der Waals surface area contributed by atoms with Crippen LogP contribution < -0.4 is 5.56 Å². The van der Waals surface area contributed by atoms with Crippen LogP contribution >= 0.6 is 11.8 Å². The van der Waals surface area contributed by atoms with Crippen LogP contribution in [0.1, 0.15) is 30.2 Å². The minimum absolute atomic E-state index is 0.252. The Bertz CT molecular complexity index is 948. The molecule has 0 aliphatic rings. The van der Waals surface area contributed by atoms with Gasteiger partial charge in [-0.1, -0.05) is 43.3 Å². The highest BCUT2D eigenvalue weighted by molar-refractivity contribution is 7.98. The maximum atomic E-state index is 12.8. The summed E-state index contributed by atoms with van der Waals surface area (Å²) in [6.45, 7) is 1.99. The van der Waals surface area contributed by atoms with Gasteiger partial charge in [0.25, 0.3) is 5.56 Å². The lowest BCUT2D eigenvalue weighted by molar-refractivity contribution is -0.137. The lowest BCUT2D eigenvalue weighted by atomic mass is 10.1. The monoisotopic (exact) mass is 368 g/mol. The van der Waals surface area contributed by atoms with Crippen molar-refractivity contribution < 1.29 is 13.2 Å². The zero-order valence-electron chi connectivity index (χ0n) is 13.3. The van der Waals surface area contributed by atoms with E-state index in [9.17, 15) is 18.0 Å². The number of fused-ring (bicyclic) bond motifs is 1. The molecule has 9 heteroatoms. The van der Waals surface area contributed by atoms with Crippen LogP contribution in [0.25, 0.3) is 5.78 Å². The van der Waals surface area contributed by atoms with Gasteiger partial charge in [-0.15, -0.1) is 10.2 Å². The third-order valence-corrected chi connectivity index (χ3v) is 4.58. The van der Waals surface area contributed by atoms with Gasteiger partial charge in [0.15, 0.2) is 5.16 Å². The van der Waals surface area contributed by atoms with Gasteiger partial charge in [-0.2, -0.15) is 13.2 Å². The number of hydrogen-bond acceptors (Lipinski definition) is 4. The van der Waals surface area contributed by atoms with Crippen LogP contribution in [-0.2, 0) is 18.3 Å². The average Bonchev–Trinajstić information content (AvgIpc) is 2.95. The zero-order chi connectivity index (χ0) is 18.0. The van der Waals surface area contributed by atoms with Gasteiger partial charge in [0, 0.05) is 17.5 Å². The van der Waals surface area contributed by atoms with Crippen LogP contribution in [-0.4, -0.2) is 19.6 Å². The van der Waals surface area contributed by atoms with E-state index in [1.807, 2.05) is 6.92 Å². The molecular weight excluding hydrogens is 353 g/mol. The fourth-order valence-corrected chi connectivity index (χ4v) is 3.40. The number of aromatic nitrogens is 4. The summed E-state index contributed by atoms with van der Waals surface area (Å²) in [5.41, 5.74) is 0.390. The lowest BCUT2D eigenvalue weighted by Gasteiger charge is -2.09. The first-order valence-corrected chi connectivity index (χ1v) is 8.63. The maximum Gasteiger partial charge on any atom is 0.416 e. The molecule has 0 radical (unpaired) electrons. The van der Waals surface area contributed by atoms with Gasteiger partial charge in [0.2, 0.25) is 5.78 Å². The molecule has 2 aromatic heterocycles. The van der Waals surface area contributed by atoms with Crippen molar-refractivity contribution in [1.29, 1.82) is 0 Å². The lowest BCUT2D eigenvalue weighted by Crippen LogP contribution is -2.12.